The molecule has 2 rings (SSSR count). The molecule has 19 heavy (non-hydrogen) atoms. The van der Waals surface area contributed by atoms with Crippen LogP contribution in [0.1, 0.15) is 30.9 Å². The van der Waals surface area contributed by atoms with Crippen molar-refractivity contribution < 1.29 is 0 Å². The molecule has 0 saturated carbocycles. The molecule has 0 amide bonds. The van der Waals surface area contributed by atoms with Crippen LogP contribution in [-0.4, -0.2) is 4.98 Å². The van der Waals surface area contributed by atoms with Crippen LogP contribution in [0, 0.1) is 11.3 Å². The van der Waals surface area contributed by atoms with Crippen molar-refractivity contribution >= 4 is 27.4 Å². The number of nitriles is 1. The van der Waals surface area contributed by atoms with Crippen molar-refractivity contribution in [1.82, 2.24) is 4.98 Å². The maximum absolute atomic E-state index is 9.09. The first-order valence-corrected chi connectivity index (χ1v) is 6.82. The summed E-state index contributed by atoms with van der Waals surface area (Å²) in [4.78, 5) is 4.22. The van der Waals surface area contributed by atoms with E-state index in [-0.39, 0.29) is 0 Å². The van der Waals surface area contributed by atoms with Crippen LogP contribution in [0.25, 0.3) is 0 Å². The molecule has 1 N–H and O–H groups in total. The molecule has 96 valence electrons. The fourth-order valence-corrected chi connectivity index (χ4v) is 2.04. The summed E-state index contributed by atoms with van der Waals surface area (Å²) in [7, 11) is 0. The Morgan fingerprint density at radius 3 is 2.53 bits per heavy atom. The van der Waals surface area contributed by atoms with Crippen LogP contribution in [0.15, 0.2) is 41.0 Å². The molecule has 0 saturated heterocycles. The van der Waals surface area contributed by atoms with E-state index < -0.39 is 0 Å². The van der Waals surface area contributed by atoms with E-state index in [9.17, 15) is 0 Å². The van der Waals surface area contributed by atoms with Gasteiger partial charge in [-0.3, -0.25) is 0 Å². The van der Waals surface area contributed by atoms with Crippen LogP contribution >= 0.6 is 15.9 Å². The SMILES string of the molecule is CC(C)c1ccc(Nc2ncc(Br)cc2C#N)cc1. The van der Waals surface area contributed by atoms with Gasteiger partial charge >= 0.3 is 0 Å². The maximum atomic E-state index is 9.09. The lowest BCUT2D eigenvalue weighted by atomic mass is 10.0. The van der Waals surface area contributed by atoms with Crippen LogP contribution in [0.5, 0.6) is 0 Å². The first-order valence-electron chi connectivity index (χ1n) is 6.03. The van der Waals surface area contributed by atoms with Gasteiger partial charge < -0.3 is 5.32 Å². The summed E-state index contributed by atoms with van der Waals surface area (Å²) in [6.07, 6.45) is 1.67. The molecule has 0 aliphatic heterocycles. The molecular formula is C15H14BrN3. The Morgan fingerprint density at radius 2 is 1.95 bits per heavy atom. The fraction of sp³-hybridized carbons (Fsp3) is 0.200. The number of hydrogen-bond donors (Lipinski definition) is 1. The van der Waals surface area contributed by atoms with Gasteiger partial charge in [0.1, 0.15) is 11.9 Å². The van der Waals surface area contributed by atoms with Crippen LogP contribution in [0.4, 0.5) is 11.5 Å². The van der Waals surface area contributed by atoms with Gasteiger partial charge in [0.2, 0.25) is 0 Å². The minimum Gasteiger partial charge on any atom is -0.339 e. The number of rotatable bonds is 3. The van der Waals surface area contributed by atoms with Gasteiger partial charge in [0.25, 0.3) is 0 Å². The van der Waals surface area contributed by atoms with Gasteiger partial charge in [0, 0.05) is 16.4 Å². The molecule has 0 fully saturated rings. The molecule has 0 atom stereocenters. The van der Waals surface area contributed by atoms with Gasteiger partial charge in [-0.2, -0.15) is 5.26 Å². The van der Waals surface area contributed by atoms with Gasteiger partial charge in [-0.15, -0.1) is 0 Å². The van der Waals surface area contributed by atoms with Crippen LogP contribution in [0.3, 0.4) is 0 Å². The lowest BCUT2D eigenvalue weighted by molar-refractivity contribution is 0.867. The zero-order chi connectivity index (χ0) is 13.8. The summed E-state index contributed by atoms with van der Waals surface area (Å²) in [5.74, 6) is 1.08. The average molecular weight is 316 g/mol. The Balaban J connectivity index is 2.24. The van der Waals surface area contributed by atoms with E-state index in [0.717, 1.165) is 10.2 Å². The van der Waals surface area contributed by atoms with E-state index >= 15 is 0 Å². The molecular weight excluding hydrogens is 302 g/mol. The highest BCUT2D eigenvalue weighted by Crippen LogP contribution is 2.23. The number of halogens is 1. The number of pyridine rings is 1. The third-order valence-corrected chi connectivity index (χ3v) is 3.25. The number of nitrogens with zero attached hydrogens (tertiary/aromatic N) is 2. The number of aromatic nitrogens is 1. The molecule has 1 aromatic carbocycles. The number of benzene rings is 1. The van der Waals surface area contributed by atoms with E-state index in [2.05, 4.69) is 58.3 Å². The predicted molar refractivity (Wildman–Crippen MR) is 80.5 cm³/mol. The minimum absolute atomic E-state index is 0.509. The van der Waals surface area contributed by atoms with E-state index in [4.69, 9.17) is 5.26 Å². The molecule has 1 aromatic heterocycles. The highest BCUT2D eigenvalue weighted by atomic mass is 79.9. The van der Waals surface area contributed by atoms with E-state index in [0.29, 0.717) is 17.3 Å². The second-order valence-electron chi connectivity index (χ2n) is 4.56. The number of nitrogens with one attached hydrogen (secondary N) is 1. The van der Waals surface area contributed by atoms with Crippen molar-refractivity contribution in [2.24, 2.45) is 0 Å². The Morgan fingerprint density at radius 1 is 1.26 bits per heavy atom. The predicted octanol–water partition coefficient (Wildman–Crippen LogP) is 4.58. The molecule has 3 nitrogen and oxygen atoms in total. The van der Waals surface area contributed by atoms with Crippen LogP contribution in [-0.2, 0) is 0 Å². The highest BCUT2D eigenvalue weighted by Gasteiger charge is 2.05. The van der Waals surface area contributed by atoms with E-state index in [1.807, 2.05) is 12.1 Å². The normalized spacial score (nSPS) is 10.3. The monoisotopic (exact) mass is 315 g/mol. The molecule has 4 heteroatoms. The molecule has 2 aromatic rings. The van der Waals surface area contributed by atoms with Gasteiger partial charge in [0.05, 0.1) is 5.56 Å². The van der Waals surface area contributed by atoms with E-state index in [1.54, 1.807) is 12.3 Å². The summed E-state index contributed by atoms with van der Waals surface area (Å²) >= 11 is 3.31. The third-order valence-electron chi connectivity index (χ3n) is 2.81. The minimum atomic E-state index is 0.509. The topological polar surface area (TPSA) is 48.7 Å². The molecule has 0 unspecified atom stereocenters. The first kappa shape index (κ1) is 13.6. The Labute approximate surface area is 121 Å². The van der Waals surface area contributed by atoms with Crippen molar-refractivity contribution in [2.75, 3.05) is 5.32 Å². The number of anilines is 2. The Kier molecular flexibility index (Phi) is 4.18. The quantitative estimate of drug-likeness (QED) is 0.901. The van der Waals surface area contributed by atoms with Crippen molar-refractivity contribution in [2.45, 2.75) is 19.8 Å². The van der Waals surface area contributed by atoms with Gasteiger partial charge in [-0.25, -0.2) is 4.98 Å². The fourth-order valence-electron chi connectivity index (χ4n) is 1.71. The molecule has 0 radical (unpaired) electrons. The Hall–Kier alpha value is -1.86. The third kappa shape index (κ3) is 3.33. The molecule has 0 aliphatic carbocycles. The summed E-state index contributed by atoms with van der Waals surface area (Å²) in [5, 5.41) is 12.2. The largest absolute Gasteiger partial charge is 0.339 e. The van der Waals surface area contributed by atoms with Gasteiger partial charge in [0.15, 0.2) is 0 Å². The van der Waals surface area contributed by atoms with Crippen molar-refractivity contribution in [3.8, 4) is 6.07 Å². The zero-order valence-electron chi connectivity index (χ0n) is 10.8. The van der Waals surface area contributed by atoms with E-state index in [1.165, 1.54) is 5.56 Å². The van der Waals surface area contributed by atoms with Crippen molar-refractivity contribution in [3.63, 3.8) is 0 Å². The summed E-state index contributed by atoms with van der Waals surface area (Å²) in [5.41, 5.74) is 2.73. The second-order valence-corrected chi connectivity index (χ2v) is 5.48. The van der Waals surface area contributed by atoms with Gasteiger partial charge in [-0.1, -0.05) is 26.0 Å². The standard InChI is InChI=1S/C15H14BrN3/c1-10(2)11-3-5-14(6-4-11)19-15-12(8-17)7-13(16)9-18-15/h3-7,9-10H,1-2H3,(H,18,19). The van der Waals surface area contributed by atoms with Crippen molar-refractivity contribution in [3.05, 3.63) is 52.1 Å². The van der Waals surface area contributed by atoms with Crippen molar-refractivity contribution in [1.29, 1.82) is 5.26 Å². The summed E-state index contributed by atoms with van der Waals surface area (Å²) < 4.78 is 0.796. The molecule has 0 spiro atoms. The highest BCUT2D eigenvalue weighted by molar-refractivity contribution is 9.10. The summed E-state index contributed by atoms with van der Waals surface area (Å²) in [6.45, 7) is 4.32. The lowest BCUT2D eigenvalue weighted by Crippen LogP contribution is -1.97. The first-order chi connectivity index (χ1) is 9.10. The zero-order valence-corrected chi connectivity index (χ0v) is 12.4. The summed E-state index contributed by atoms with van der Waals surface area (Å²) in [6, 6.07) is 12.0. The number of hydrogen-bond acceptors (Lipinski definition) is 3. The lowest BCUT2D eigenvalue weighted by Gasteiger charge is -2.09. The van der Waals surface area contributed by atoms with Gasteiger partial charge in [-0.05, 0) is 45.6 Å². The van der Waals surface area contributed by atoms with Crippen LogP contribution in [0.2, 0.25) is 0 Å². The maximum Gasteiger partial charge on any atom is 0.148 e. The Bertz CT molecular complexity index is 612. The second kappa shape index (κ2) is 5.85. The molecule has 0 aliphatic rings. The molecule has 0 bridgehead atoms. The smallest absolute Gasteiger partial charge is 0.148 e. The van der Waals surface area contributed by atoms with Crippen LogP contribution < -0.4 is 5.32 Å². The average Bonchev–Trinajstić information content (AvgIpc) is 2.41. The molecule has 1 heterocycles.